The number of hydrogen-bond donors (Lipinski definition) is 0. The molecular weight excluding hydrogens is 160 g/mol. The zero-order valence-corrected chi connectivity index (χ0v) is 8.95. The Labute approximate surface area is 81.5 Å². The van der Waals surface area contributed by atoms with Crippen LogP contribution in [0.5, 0.6) is 0 Å². The first-order valence-electron chi connectivity index (χ1n) is 5.36. The van der Waals surface area contributed by atoms with Crippen molar-refractivity contribution in [2.75, 3.05) is 6.54 Å². The molecule has 74 valence electrons. The molecule has 0 bridgehead atoms. The van der Waals surface area contributed by atoms with Gasteiger partial charge in [0.15, 0.2) is 0 Å². The lowest BCUT2D eigenvalue weighted by Crippen LogP contribution is -2.47. The van der Waals surface area contributed by atoms with Gasteiger partial charge in [-0.3, -0.25) is 4.90 Å². The average Bonchev–Trinajstić information content (AvgIpc) is 2.14. The van der Waals surface area contributed by atoms with E-state index < -0.39 is 0 Å². The topological polar surface area (TPSA) is 27.0 Å². The van der Waals surface area contributed by atoms with Gasteiger partial charge in [-0.15, -0.1) is 0 Å². The van der Waals surface area contributed by atoms with Crippen molar-refractivity contribution in [1.82, 2.24) is 4.90 Å². The zero-order valence-electron chi connectivity index (χ0n) is 8.95. The molecule has 3 unspecified atom stereocenters. The SMILES string of the molecule is CCC(C#N)N1CCCC(C)C1C. The highest BCUT2D eigenvalue weighted by Crippen LogP contribution is 2.25. The highest BCUT2D eigenvalue weighted by molar-refractivity contribution is 4.95. The van der Waals surface area contributed by atoms with Crippen molar-refractivity contribution in [2.24, 2.45) is 5.92 Å². The third-order valence-corrected chi connectivity index (χ3v) is 3.36. The number of piperidine rings is 1. The maximum absolute atomic E-state index is 8.99. The van der Waals surface area contributed by atoms with E-state index >= 15 is 0 Å². The minimum absolute atomic E-state index is 0.137. The molecular formula is C11H20N2. The van der Waals surface area contributed by atoms with Gasteiger partial charge < -0.3 is 0 Å². The van der Waals surface area contributed by atoms with E-state index in [2.05, 4.69) is 31.7 Å². The van der Waals surface area contributed by atoms with Crippen LogP contribution < -0.4 is 0 Å². The molecule has 0 aromatic rings. The normalized spacial score (nSPS) is 32.5. The molecule has 1 aliphatic rings. The summed E-state index contributed by atoms with van der Waals surface area (Å²) >= 11 is 0. The Kier molecular flexibility index (Phi) is 3.74. The van der Waals surface area contributed by atoms with Gasteiger partial charge in [-0.2, -0.15) is 5.26 Å². The van der Waals surface area contributed by atoms with Gasteiger partial charge in [0.2, 0.25) is 0 Å². The first-order valence-corrected chi connectivity index (χ1v) is 5.36. The van der Waals surface area contributed by atoms with Crippen molar-refractivity contribution in [3.05, 3.63) is 0 Å². The van der Waals surface area contributed by atoms with Gasteiger partial charge in [0.1, 0.15) is 0 Å². The van der Waals surface area contributed by atoms with E-state index in [0.717, 1.165) is 18.9 Å². The molecule has 1 fully saturated rings. The van der Waals surface area contributed by atoms with Gasteiger partial charge in [0, 0.05) is 6.04 Å². The molecule has 0 amide bonds. The molecule has 13 heavy (non-hydrogen) atoms. The van der Waals surface area contributed by atoms with Gasteiger partial charge in [0.25, 0.3) is 0 Å². The Hall–Kier alpha value is -0.550. The van der Waals surface area contributed by atoms with Crippen LogP contribution in [0.2, 0.25) is 0 Å². The maximum Gasteiger partial charge on any atom is 0.0977 e. The summed E-state index contributed by atoms with van der Waals surface area (Å²) in [4.78, 5) is 2.37. The monoisotopic (exact) mass is 180 g/mol. The summed E-state index contributed by atoms with van der Waals surface area (Å²) in [6, 6.07) is 3.12. The molecule has 1 heterocycles. The van der Waals surface area contributed by atoms with Crippen LogP contribution in [0.3, 0.4) is 0 Å². The van der Waals surface area contributed by atoms with Crippen LogP contribution in [0, 0.1) is 17.2 Å². The van der Waals surface area contributed by atoms with Crippen LogP contribution in [-0.4, -0.2) is 23.5 Å². The summed E-state index contributed by atoms with van der Waals surface area (Å²) < 4.78 is 0. The Balaban J connectivity index is 2.62. The third kappa shape index (κ3) is 2.22. The third-order valence-electron chi connectivity index (χ3n) is 3.36. The van der Waals surface area contributed by atoms with Crippen molar-refractivity contribution in [3.63, 3.8) is 0 Å². The molecule has 0 spiro atoms. The Morgan fingerprint density at radius 2 is 2.23 bits per heavy atom. The number of rotatable bonds is 2. The maximum atomic E-state index is 8.99. The molecule has 0 N–H and O–H groups in total. The Morgan fingerprint density at radius 1 is 1.54 bits per heavy atom. The molecule has 1 rings (SSSR count). The van der Waals surface area contributed by atoms with Gasteiger partial charge >= 0.3 is 0 Å². The molecule has 1 aliphatic heterocycles. The lowest BCUT2D eigenvalue weighted by molar-refractivity contribution is 0.0881. The van der Waals surface area contributed by atoms with Crippen molar-refractivity contribution < 1.29 is 0 Å². The second-order valence-electron chi connectivity index (χ2n) is 4.15. The van der Waals surface area contributed by atoms with E-state index in [-0.39, 0.29) is 6.04 Å². The van der Waals surface area contributed by atoms with E-state index in [9.17, 15) is 0 Å². The largest absolute Gasteiger partial charge is 0.285 e. The highest BCUT2D eigenvalue weighted by Gasteiger charge is 2.28. The van der Waals surface area contributed by atoms with Crippen LogP contribution >= 0.6 is 0 Å². The number of hydrogen-bond acceptors (Lipinski definition) is 2. The fourth-order valence-electron chi connectivity index (χ4n) is 2.21. The van der Waals surface area contributed by atoms with Crippen molar-refractivity contribution in [1.29, 1.82) is 5.26 Å². The fourth-order valence-corrected chi connectivity index (χ4v) is 2.21. The lowest BCUT2D eigenvalue weighted by Gasteiger charge is -2.40. The van der Waals surface area contributed by atoms with E-state index in [1.54, 1.807) is 0 Å². The molecule has 3 atom stereocenters. The van der Waals surface area contributed by atoms with Gasteiger partial charge in [-0.05, 0) is 38.6 Å². The van der Waals surface area contributed by atoms with Crippen LogP contribution in [0.1, 0.15) is 40.0 Å². The summed E-state index contributed by atoms with van der Waals surface area (Å²) in [5, 5.41) is 8.99. The first-order chi connectivity index (χ1) is 6.20. The summed E-state index contributed by atoms with van der Waals surface area (Å²) in [6.45, 7) is 7.75. The molecule has 2 heteroatoms. The number of nitriles is 1. The second-order valence-corrected chi connectivity index (χ2v) is 4.15. The second kappa shape index (κ2) is 4.62. The minimum atomic E-state index is 0.137. The summed E-state index contributed by atoms with van der Waals surface area (Å²) in [7, 11) is 0. The molecule has 0 aromatic heterocycles. The van der Waals surface area contributed by atoms with Crippen molar-refractivity contribution in [2.45, 2.75) is 52.1 Å². The number of likely N-dealkylation sites (tertiary alicyclic amines) is 1. The van der Waals surface area contributed by atoms with E-state index in [4.69, 9.17) is 5.26 Å². The summed E-state index contributed by atoms with van der Waals surface area (Å²) in [6.07, 6.45) is 3.52. The van der Waals surface area contributed by atoms with Crippen molar-refractivity contribution >= 4 is 0 Å². The minimum Gasteiger partial charge on any atom is -0.285 e. The fraction of sp³-hybridized carbons (Fsp3) is 0.909. The lowest BCUT2D eigenvalue weighted by atomic mass is 9.90. The highest BCUT2D eigenvalue weighted by atomic mass is 15.2. The zero-order chi connectivity index (χ0) is 9.84. The predicted molar refractivity (Wildman–Crippen MR) is 54.3 cm³/mol. The van der Waals surface area contributed by atoms with Gasteiger partial charge in [-0.1, -0.05) is 13.8 Å². The molecule has 0 aliphatic carbocycles. The van der Waals surface area contributed by atoms with E-state index in [1.165, 1.54) is 12.8 Å². The van der Waals surface area contributed by atoms with Crippen LogP contribution in [-0.2, 0) is 0 Å². The Morgan fingerprint density at radius 3 is 2.77 bits per heavy atom. The standard InChI is InChI=1S/C11H20N2/c1-4-11(8-12)13-7-5-6-9(2)10(13)3/h9-11H,4-7H2,1-3H3. The quantitative estimate of drug-likeness (QED) is 0.652. The van der Waals surface area contributed by atoms with E-state index in [0.29, 0.717) is 6.04 Å². The summed E-state index contributed by atoms with van der Waals surface area (Å²) in [5.74, 6) is 0.746. The predicted octanol–water partition coefficient (Wildman–Crippen LogP) is 2.41. The molecule has 2 nitrogen and oxygen atoms in total. The van der Waals surface area contributed by atoms with Crippen LogP contribution in [0.15, 0.2) is 0 Å². The average molecular weight is 180 g/mol. The number of nitrogens with zero attached hydrogens (tertiary/aromatic N) is 2. The molecule has 1 saturated heterocycles. The molecule has 0 saturated carbocycles. The first kappa shape index (κ1) is 10.5. The van der Waals surface area contributed by atoms with E-state index in [1.807, 2.05) is 0 Å². The van der Waals surface area contributed by atoms with Crippen molar-refractivity contribution in [3.8, 4) is 6.07 Å². The van der Waals surface area contributed by atoms with Gasteiger partial charge in [0.05, 0.1) is 12.1 Å². The van der Waals surface area contributed by atoms with Crippen LogP contribution in [0.4, 0.5) is 0 Å². The van der Waals surface area contributed by atoms with Crippen LogP contribution in [0.25, 0.3) is 0 Å². The molecule has 0 radical (unpaired) electrons. The summed E-state index contributed by atoms with van der Waals surface area (Å²) in [5.41, 5.74) is 0. The van der Waals surface area contributed by atoms with Gasteiger partial charge in [-0.25, -0.2) is 0 Å². The Bertz CT molecular complexity index is 195. The smallest absolute Gasteiger partial charge is 0.0977 e. The molecule has 0 aromatic carbocycles.